The van der Waals surface area contributed by atoms with E-state index in [4.69, 9.17) is 0 Å². The predicted molar refractivity (Wildman–Crippen MR) is 127 cm³/mol. The number of hydrogen-bond acceptors (Lipinski definition) is 5. The first-order valence-electron chi connectivity index (χ1n) is 11.5. The van der Waals surface area contributed by atoms with E-state index in [1.54, 1.807) is 7.05 Å². The molecule has 6 nitrogen and oxygen atoms in total. The zero-order chi connectivity index (χ0) is 21.8. The summed E-state index contributed by atoms with van der Waals surface area (Å²) in [4.78, 5) is 26.2. The second kappa shape index (κ2) is 9.88. The molecular formula is C25H35N5O. The van der Waals surface area contributed by atoms with E-state index >= 15 is 0 Å². The van der Waals surface area contributed by atoms with Crippen molar-refractivity contribution < 1.29 is 4.79 Å². The van der Waals surface area contributed by atoms with Crippen LogP contribution in [0, 0.1) is 5.92 Å². The largest absolute Gasteiger partial charge is 0.352 e. The zero-order valence-corrected chi connectivity index (χ0v) is 19.1. The van der Waals surface area contributed by atoms with E-state index in [0.29, 0.717) is 24.4 Å². The number of carbonyl (C=O) groups is 1. The highest BCUT2D eigenvalue weighted by Crippen LogP contribution is 2.34. The van der Waals surface area contributed by atoms with Crippen LogP contribution >= 0.6 is 0 Å². The number of hydrogen-bond donors (Lipinski definition) is 1. The molecule has 0 saturated carbocycles. The third-order valence-corrected chi connectivity index (χ3v) is 6.73. The van der Waals surface area contributed by atoms with E-state index in [2.05, 4.69) is 57.3 Å². The lowest BCUT2D eigenvalue weighted by Crippen LogP contribution is -2.49. The van der Waals surface area contributed by atoms with E-state index in [-0.39, 0.29) is 5.91 Å². The van der Waals surface area contributed by atoms with Gasteiger partial charge in [0.05, 0.1) is 12.1 Å². The molecule has 0 aliphatic carbocycles. The molecule has 3 heterocycles. The molecule has 2 fully saturated rings. The van der Waals surface area contributed by atoms with Gasteiger partial charge in [0, 0.05) is 49.5 Å². The number of benzene rings is 1. The summed E-state index contributed by atoms with van der Waals surface area (Å²) in [5.41, 5.74) is 3.40. The summed E-state index contributed by atoms with van der Waals surface area (Å²) in [6.07, 6.45) is 6.96. The van der Waals surface area contributed by atoms with E-state index in [9.17, 15) is 4.79 Å². The molecule has 4 rings (SSSR count). The van der Waals surface area contributed by atoms with E-state index in [1.165, 1.54) is 10.9 Å². The summed E-state index contributed by atoms with van der Waals surface area (Å²) in [6.45, 7) is 6.81. The Morgan fingerprint density at radius 3 is 2.84 bits per heavy atom. The number of pyridine rings is 1. The first kappa shape index (κ1) is 21.9. The van der Waals surface area contributed by atoms with Crippen LogP contribution in [0.25, 0.3) is 10.9 Å². The molecule has 2 aliphatic heterocycles. The van der Waals surface area contributed by atoms with Crippen molar-refractivity contribution in [3.05, 3.63) is 41.6 Å². The van der Waals surface area contributed by atoms with E-state index < -0.39 is 0 Å². The van der Waals surface area contributed by atoms with Crippen molar-refractivity contribution in [2.45, 2.75) is 38.1 Å². The van der Waals surface area contributed by atoms with Gasteiger partial charge >= 0.3 is 0 Å². The lowest BCUT2D eigenvalue weighted by molar-refractivity contribution is -0.123. The van der Waals surface area contributed by atoms with Gasteiger partial charge in [-0.3, -0.25) is 19.7 Å². The lowest BCUT2D eigenvalue weighted by Gasteiger charge is -2.37. The Morgan fingerprint density at radius 2 is 2.06 bits per heavy atom. The van der Waals surface area contributed by atoms with Gasteiger partial charge in [-0.25, -0.2) is 0 Å². The molecule has 0 spiro atoms. The number of aromatic nitrogens is 1. The third kappa shape index (κ3) is 5.31. The van der Waals surface area contributed by atoms with Gasteiger partial charge in [-0.1, -0.05) is 25.1 Å². The standard InChI is InChI=1S/C25H35N5O/c1-18-13-20(22-7-6-19(14-26-2)25-23(22)5-4-10-27-25)16-30(15-18)17-24(31)28-21-8-11-29(3)12-9-21/h4-7,10,14,18,20-21H,8-9,11-13,15-17H2,1-3H3,(H,28,31)/b26-14-/t18-,20-/m1/s1. The molecule has 1 N–H and O–H groups in total. The average molecular weight is 422 g/mol. The Kier molecular flexibility index (Phi) is 6.98. The molecule has 1 amide bonds. The van der Waals surface area contributed by atoms with Crippen LogP contribution in [0.15, 0.2) is 35.5 Å². The molecule has 0 unspecified atom stereocenters. The van der Waals surface area contributed by atoms with Gasteiger partial charge in [0.2, 0.25) is 5.91 Å². The van der Waals surface area contributed by atoms with Crippen molar-refractivity contribution in [2.75, 3.05) is 46.8 Å². The van der Waals surface area contributed by atoms with Gasteiger partial charge in [-0.15, -0.1) is 0 Å². The second-order valence-electron chi connectivity index (χ2n) is 9.41. The van der Waals surface area contributed by atoms with E-state index in [0.717, 1.165) is 56.5 Å². The topological polar surface area (TPSA) is 60.8 Å². The molecule has 2 aromatic rings. The highest BCUT2D eigenvalue weighted by molar-refractivity contribution is 5.99. The first-order valence-corrected chi connectivity index (χ1v) is 11.5. The summed E-state index contributed by atoms with van der Waals surface area (Å²) in [5, 5.41) is 4.48. The summed E-state index contributed by atoms with van der Waals surface area (Å²) < 4.78 is 0. The van der Waals surface area contributed by atoms with Crippen molar-refractivity contribution in [3.8, 4) is 0 Å². The van der Waals surface area contributed by atoms with Crippen LogP contribution in [-0.4, -0.2) is 79.8 Å². The second-order valence-corrected chi connectivity index (χ2v) is 9.41. The molecule has 1 aromatic heterocycles. The molecule has 6 heteroatoms. The third-order valence-electron chi connectivity index (χ3n) is 6.73. The molecule has 0 bridgehead atoms. The number of likely N-dealkylation sites (tertiary alicyclic amines) is 2. The first-order chi connectivity index (χ1) is 15.0. The lowest BCUT2D eigenvalue weighted by atomic mass is 9.83. The fraction of sp³-hybridized carbons (Fsp3) is 0.560. The quantitative estimate of drug-likeness (QED) is 0.754. The minimum Gasteiger partial charge on any atom is -0.352 e. The summed E-state index contributed by atoms with van der Waals surface area (Å²) in [6, 6.07) is 8.87. The van der Waals surface area contributed by atoms with Crippen LogP contribution in [-0.2, 0) is 4.79 Å². The van der Waals surface area contributed by atoms with Gasteiger partial charge in [0.15, 0.2) is 0 Å². The highest BCUT2D eigenvalue weighted by atomic mass is 16.2. The molecular weight excluding hydrogens is 386 g/mol. The maximum absolute atomic E-state index is 12.7. The Morgan fingerprint density at radius 1 is 1.26 bits per heavy atom. The molecule has 2 atom stereocenters. The number of carbonyl (C=O) groups excluding carboxylic acids is 1. The predicted octanol–water partition coefficient (Wildman–Crippen LogP) is 2.92. The van der Waals surface area contributed by atoms with Gasteiger partial charge < -0.3 is 10.2 Å². The minimum atomic E-state index is 0.170. The molecule has 0 radical (unpaired) electrons. The average Bonchev–Trinajstić information content (AvgIpc) is 2.75. The van der Waals surface area contributed by atoms with Crippen LogP contribution in [0.2, 0.25) is 0 Å². The number of fused-ring (bicyclic) bond motifs is 1. The van der Waals surface area contributed by atoms with Gasteiger partial charge in [-0.2, -0.15) is 0 Å². The smallest absolute Gasteiger partial charge is 0.234 e. The maximum atomic E-state index is 12.7. The molecule has 166 valence electrons. The van der Waals surface area contributed by atoms with Gasteiger partial charge in [0.25, 0.3) is 0 Å². The Hall–Kier alpha value is -2.31. The van der Waals surface area contributed by atoms with Gasteiger partial charge in [0.1, 0.15) is 0 Å². The molecule has 31 heavy (non-hydrogen) atoms. The van der Waals surface area contributed by atoms with Crippen LogP contribution in [0.3, 0.4) is 0 Å². The van der Waals surface area contributed by atoms with Crippen LogP contribution in [0.1, 0.15) is 43.2 Å². The fourth-order valence-electron chi connectivity index (χ4n) is 5.26. The number of rotatable bonds is 5. The van der Waals surface area contributed by atoms with Crippen molar-refractivity contribution in [2.24, 2.45) is 10.9 Å². The zero-order valence-electron chi connectivity index (χ0n) is 19.1. The monoisotopic (exact) mass is 421 g/mol. The number of amides is 1. The molecule has 2 aliphatic rings. The highest BCUT2D eigenvalue weighted by Gasteiger charge is 2.29. The number of nitrogens with zero attached hydrogens (tertiary/aromatic N) is 4. The summed E-state index contributed by atoms with van der Waals surface area (Å²) >= 11 is 0. The summed E-state index contributed by atoms with van der Waals surface area (Å²) in [7, 11) is 3.94. The number of piperidine rings is 2. The van der Waals surface area contributed by atoms with Crippen molar-refractivity contribution in [1.82, 2.24) is 20.1 Å². The van der Waals surface area contributed by atoms with Crippen LogP contribution in [0.5, 0.6) is 0 Å². The van der Waals surface area contributed by atoms with Crippen LogP contribution < -0.4 is 5.32 Å². The Balaban J connectivity index is 1.47. The Bertz CT molecular complexity index is 935. The SMILES string of the molecule is C/N=C\c1ccc([C@@H]2C[C@@H](C)CN(CC(=O)NC3CCN(C)CC3)C2)c2cccnc12. The van der Waals surface area contributed by atoms with E-state index in [1.807, 2.05) is 18.5 Å². The van der Waals surface area contributed by atoms with Crippen molar-refractivity contribution in [3.63, 3.8) is 0 Å². The van der Waals surface area contributed by atoms with Gasteiger partial charge in [-0.05, 0) is 62.9 Å². The van der Waals surface area contributed by atoms with Crippen molar-refractivity contribution >= 4 is 23.0 Å². The number of nitrogens with one attached hydrogen (secondary N) is 1. The van der Waals surface area contributed by atoms with Crippen LogP contribution in [0.4, 0.5) is 0 Å². The Labute approximate surface area is 185 Å². The normalized spacial score (nSPS) is 24.1. The van der Waals surface area contributed by atoms with Crippen molar-refractivity contribution in [1.29, 1.82) is 0 Å². The fourth-order valence-corrected chi connectivity index (χ4v) is 5.26. The maximum Gasteiger partial charge on any atom is 0.234 e. The number of aliphatic imine (C=N–C) groups is 1. The minimum absolute atomic E-state index is 0.170. The summed E-state index contributed by atoms with van der Waals surface area (Å²) in [5.74, 6) is 1.13. The molecule has 2 saturated heterocycles. The molecule has 1 aromatic carbocycles.